The van der Waals surface area contributed by atoms with Crippen molar-refractivity contribution in [3.05, 3.63) is 57.6 Å². The molecule has 0 aliphatic rings. The summed E-state index contributed by atoms with van der Waals surface area (Å²) in [6, 6.07) is 11.4. The first-order valence-electron chi connectivity index (χ1n) is 8.98. The normalized spacial score (nSPS) is 10.8. The number of aliphatic hydroxyl groups excluding tert-OH is 1. The number of hydrogen-bond acceptors (Lipinski definition) is 5. The van der Waals surface area contributed by atoms with E-state index >= 15 is 0 Å². The molecule has 27 heavy (non-hydrogen) atoms. The average Bonchev–Trinajstić information content (AvgIpc) is 2.67. The standard InChI is InChI=1S/C20H26Cl2N2O3/c1-2-26-20-12-15(13-24-8-7-23-9-10-25)4-6-19(20)27-14-16-3-5-17(21)18(22)11-16/h3-6,11-12,23-25H,2,7-10,13-14H2,1H3. The van der Waals surface area contributed by atoms with E-state index in [0.29, 0.717) is 35.6 Å². The fourth-order valence-electron chi connectivity index (χ4n) is 2.45. The number of aliphatic hydroxyl groups is 1. The third-order valence-electron chi connectivity index (χ3n) is 3.78. The summed E-state index contributed by atoms with van der Waals surface area (Å²) in [5, 5.41) is 16.2. The van der Waals surface area contributed by atoms with Crippen LogP contribution in [0.5, 0.6) is 11.5 Å². The maximum Gasteiger partial charge on any atom is 0.161 e. The Morgan fingerprint density at radius 3 is 2.37 bits per heavy atom. The maximum atomic E-state index is 8.73. The van der Waals surface area contributed by atoms with Gasteiger partial charge in [-0.3, -0.25) is 0 Å². The van der Waals surface area contributed by atoms with Crippen molar-refractivity contribution in [2.24, 2.45) is 0 Å². The minimum atomic E-state index is 0.154. The number of benzene rings is 2. The Morgan fingerprint density at radius 2 is 1.63 bits per heavy atom. The molecule has 0 unspecified atom stereocenters. The van der Waals surface area contributed by atoms with Gasteiger partial charge < -0.3 is 25.2 Å². The molecule has 0 atom stereocenters. The SMILES string of the molecule is CCOc1cc(CNCCNCCO)ccc1OCc1ccc(Cl)c(Cl)c1. The van der Waals surface area contributed by atoms with Gasteiger partial charge in [0.25, 0.3) is 0 Å². The minimum Gasteiger partial charge on any atom is -0.490 e. The van der Waals surface area contributed by atoms with E-state index in [9.17, 15) is 0 Å². The first kappa shape index (κ1) is 21.8. The molecule has 0 bridgehead atoms. The summed E-state index contributed by atoms with van der Waals surface area (Å²) < 4.78 is 11.6. The van der Waals surface area contributed by atoms with E-state index in [-0.39, 0.29) is 6.61 Å². The molecule has 2 rings (SSSR count). The molecule has 7 heteroatoms. The van der Waals surface area contributed by atoms with Crippen molar-refractivity contribution in [2.75, 3.05) is 32.8 Å². The monoisotopic (exact) mass is 412 g/mol. The van der Waals surface area contributed by atoms with Gasteiger partial charge in [0.05, 0.1) is 23.3 Å². The molecule has 5 nitrogen and oxygen atoms in total. The topological polar surface area (TPSA) is 62.8 Å². The summed E-state index contributed by atoms with van der Waals surface area (Å²) in [7, 11) is 0. The van der Waals surface area contributed by atoms with Crippen LogP contribution in [0.4, 0.5) is 0 Å². The summed E-state index contributed by atoms with van der Waals surface area (Å²) in [6.45, 7) is 6.01. The lowest BCUT2D eigenvalue weighted by Gasteiger charge is -2.14. The van der Waals surface area contributed by atoms with Gasteiger partial charge >= 0.3 is 0 Å². The van der Waals surface area contributed by atoms with Crippen molar-refractivity contribution in [3.63, 3.8) is 0 Å². The van der Waals surface area contributed by atoms with E-state index in [1.807, 2.05) is 31.2 Å². The van der Waals surface area contributed by atoms with E-state index in [1.165, 1.54) is 0 Å². The highest BCUT2D eigenvalue weighted by Crippen LogP contribution is 2.30. The number of ether oxygens (including phenoxy) is 2. The number of halogens is 2. The van der Waals surface area contributed by atoms with Crippen molar-refractivity contribution in [1.82, 2.24) is 10.6 Å². The van der Waals surface area contributed by atoms with Crippen molar-refractivity contribution < 1.29 is 14.6 Å². The largest absolute Gasteiger partial charge is 0.490 e. The van der Waals surface area contributed by atoms with Crippen molar-refractivity contribution >= 4 is 23.2 Å². The molecule has 2 aromatic carbocycles. The minimum absolute atomic E-state index is 0.154. The third kappa shape index (κ3) is 7.56. The van der Waals surface area contributed by atoms with Gasteiger partial charge in [-0.05, 0) is 42.3 Å². The zero-order chi connectivity index (χ0) is 19.5. The fourth-order valence-corrected chi connectivity index (χ4v) is 2.77. The highest BCUT2D eigenvalue weighted by molar-refractivity contribution is 6.42. The molecule has 0 fully saturated rings. The molecule has 0 heterocycles. The summed E-state index contributed by atoms with van der Waals surface area (Å²) in [4.78, 5) is 0. The molecule has 0 amide bonds. The molecule has 0 saturated carbocycles. The molecular formula is C20H26Cl2N2O3. The molecule has 148 valence electrons. The van der Waals surface area contributed by atoms with Crippen LogP contribution in [0, 0.1) is 0 Å². The van der Waals surface area contributed by atoms with Crippen LogP contribution in [-0.4, -0.2) is 38.0 Å². The lowest BCUT2D eigenvalue weighted by atomic mass is 10.2. The molecule has 0 radical (unpaired) electrons. The van der Waals surface area contributed by atoms with Crippen LogP contribution in [0.3, 0.4) is 0 Å². The van der Waals surface area contributed by atoms with Crippen molar-refractivity contribution in [2.45, 2.75) is 20.1 Å². The maximum absolute atomic E-state index is 8.73. The third-order valence-corrected chi connectivity index (χ3v) is 4.52. The lowest BCUT2D eigenvalue weighted by molar-refractivity contribution is 0.269. The van der Waals surface area contributed by atoms with Crippen LogP contribution in [-0.2, 0) is 13.2 Å². The summed E-state index contributed by atoms with van der Waals surface area (Å²) in [6.07, 6.45) is 0. The second kappa shape index (κ2) is 12.1. The molecular weight excluding hydrogens is 387 g/mol. The van der Waals surface area contributed by atoms with Gasteiger partial charge in [0.2, 0.25) is 0 Å². The first-order chi connectivity index (χ1) is 13.1. The smallest absolute Gasteiger partial charge is 0.161 e. The first-order valence-corrected chi connectivity index (χ1v) is 9.74. The second-order valence-electron chi connectivity index (χ2n) is 5.90. The summed E-state index contributed by atoms with van der Waals surface area (Å²) >= 11 is 12.0. The molecule has 0 aliphatic heterocycles. The lowest BCUT2D eigenvalue weighted by Crippen LogP contribution is -2.28. The predicted octanol–water partition coefficient (Wildman–Crippen LogP) is 3.64. The van der Waals surface area contributed by atoms with Crippen molar-refractivity contribution in [1.29, 1.82) is 0 Å². The molecule has 3 N–H and O–H groups in total. The van der Waals surface area contributed by atoms with Gasteiger partial charge in [0.15, 0.2) is 11.5 Å². The predicted molar refractivity (Wildman–Crippen MR) is 110 cm³/mol. The quantitative estimate of drug-likeness (QED) is 0.464. The van der Waals surface area contributed by atoms with Gasteiger partial charge in [0, 0.05) is 26.2 Å². The zero-order valence-electron chi connectivity index (χ0n) is 15.4. The summed E-state index contributed by atoms with van der Waals surface area (Å²) in [5.74, 6) is 1.41. The Kier molecular flexibility index (Phi) is 9.73. The van der Waals surface area contributed by atoms with E-state index in [2.05, 4.69) is 10.6 Å². The molecule has 0 aromatic heterocycles. The molecule has 0 spiro atoms. The van der Waals surface area contributed by atoms with Gasteiger partial charge in [-0.1, -0.05) is 35.3 Å². The Labute approximate surface area is 170 Å². The van der Waals surface area contributed by atoms with Crippen LogP contribution in [0.15, 0.2) is 36.4 Å². The Hall–Kier alpha value is -1.50. The van der Waals surface area contributed by atoms with Crippen LogP contribution in [0.25, 0.3) is 0 Å². The number of hydrogen-bond donors (Lipinski definition) is 3. The van der Waals surface area contributed by atoms with Crippen LogP contribution >= 0.6 is 23.2 Å². The van der Waals surface area contributed by atoms with Gasteiger partial charge in [-0.15, -0.1) is 0 Å². The van der Waals surface area contributed by atoms with E-state index in [0.717, 1.165) is 36.5 Å². The van der Waals surface area contributed by atoms with E-state index in [1.54, 1.807) is 12.1 Å². The second-order valence-corrected chi connectivity index (χ2v) is 6.72. The van der Waals surface area contributed by atoms with Crippen LogP contribution < -0.4 is 20.1 Å². The molecule has 2 aromatic rings. The van der Waals surface area contributed by atoms with E-state index < -0.39 is 0 Å². The Morgan fingerprint density at radius 1 is 0.852 bits per heavy atom. The number of nitrogens with one attached hydrogen (secondary N) is 2. The Bertz CT molecular complexity index is 714. The average molecular weight is 413 g/mol. The number of rotatable bonds is 12. The van der Waals surface area contributed by atoms with Crippen LogP contribution in [0.1, 0.15) is 18.1 Å². The van der Waals surface area contributed by atoms with Gasteiger partial charge in [-0.25, -0.2) is 0 Å². The zero-order valence-corrected chi connectivity index (χ0v) is 16.9. The van der Waals surface area contributed by atoms with E-state index in [4.69, 9.17) is 37.8 Å². The summed E-state index contributed by atoms with van der Waals surface area (Å²) in [5.41, 5.74) is 2.05. The Balaban J connectivity index is 1.92. The van der Waals surface area contributed by atoms with Gasteiger partial charge in [-0.2, -0.15) is 0 Å². The van der Waals surface area contributed by atoms with Crippen LogP contribution in [0.2, 0.25) is 10.0 Å². The molecule has 0 saturated heterocycles. The highest BCUT2D eigenvalue weighted by atomic mass is 35.5. The van der Waals surface area contributed by atoms with Gasteiger partial charge in [0.1, 0.15) is 6.61 Å². The highest BCUT2D eigenvalue weighted by Gasteiger charge is 2.08. The fraction of sp³-hybridized carbons (Fsp3) is 0.400. The van der Waals surface area contributed by atoms with Crippen molar-refractivity contribution in [3.8, 4) is 11.5 Å². The molecule has 0 aliphatic carbocycles.